The molecule has 1 fully saturated rings. The molecule has 3 aliphatic rings. The van der Waals surface area contributed by atoms with Crippen LogP contribution in [0.25, 0.3) is 6.08 Å². The van der Waals surface area contributed by atoms with Crippen LogP contribution in [0.1, 0.15) is 25.0 Å². The van der Waals surface area contributed by atoms with Crippen LogP contribution in [-0.2, 0) is 6.42 Å². The van der Waals surface area contributed by atoms with E-state index in [4.69, 9.17) is 4.74 Å². The summed E-state index contributed by atoms with van der Waals surface area (Å²) in [5.74, 6) is 0.177. The van der Waals surface area contributed by atoms with Crippen molar-refractivity contribution in [3.63, 3.8) is 0 Å². The second-order valence-electron chi connectivity index (χ2n) is 9.29. The minimum absolute atomic E-state index is 0.112. The van der Waals surface area contributed by atoms with Gasteiger partial charge in [0.1, 0.15) is 30.0 Å². The van der Waals surface area contributed by atoms with E-state index in [0.29, 0.717) is 68.7 Å². The molecule has 0 saturated carbocycles. The number of allylic oxidation sites excluding steroid dienone is 2. The van der Waals surface area contributed by atoms with Gasteiger partial charge in [-0.25, -0.2) is 13.2 Å². The second-order valence-corrected chi connectivity index (χ2v) is 9.29. The van der Waals surface area contributed by atoms with E-state index in [9.17, 15) is 8.78 Å². The zero-order valence-corrected chi connectivity index (χ0v) is 20.9. The van der Waals surface area contributed by atoms with Crippen LogP contribution in [0.3, 0.4) is 0 Å². The molecule has 0 atom stereocenters. The third-order valence-electron chi connectivity index (χ3n) is 6.55. The van der Waals surface area contributed by atoms with Crippen molar-refractivity contribution < 1.29 is 17.9 Å². The first-order valence-corrected chi connectivity index (χ1v) is 12.4. The number of hydrogen-bond donors (Lipinski definition) is 1. The first-order valence-electron chi connectivity index (χ1n) is 12.4. The van der Waals surface area contributed by atoms with Gasteiger partial charge in [0.2, 0.25) is 0 Å². The van der Waals surface area contributed by atoms with E-state index in [1.165, 1.54) is 0 Å². The summed E-state index contributed by atoms with van der Waals surface area (Å²) in [7, 11) is 0. The predicted molar refractivity (Wildman–Crippen MR) is 139 cm³/mol. The maximum Gasteiger partial charge on any atom is 0.326 e. The number of aromatic nitrogens is 2. The third kappa shape index (κ3) is 5.53. The molecule has 2 aliphatic heterocycles. The monoisotopic (exact) mass is 510 g/mol. The van der Waals surface area contributed by atoms with Crippen LogP contribution in [0.5, 0.6) is 11.8 Å². The number of piperazine rings is 1. The molecule has 194 valence electrons. The highest BCUT2D eigenvalue weighted by Gasteiger charge is 2.25. The van der Waals surface area contributed by atoms with Crippen LogP contribution in [0.15, 0.2) is 46.5 Å². The largest absolute Gasteiger partial charge is 0.421 e. The van der Waals surface area contributed by atoms with Gasteiger partial charge in [-0.05, 0) is 31.9 Å². The van der Waals surface area contributed by atoms with Crippen molar-refractivity contribution in [1.82, 2.24) is 14.9 Å². The van der Waals surface area contributed by atoms with Gasteiger partial charge in [0.25, 0.3) is 0 Å². The Morgan fingerprint density at radius 3 is 2.68 bits per heavy atom. The first kappa shape index (κ1) is 25.0. The SMILES string of the molecule is C/C=C/C1=CC(Nc2cc(N3CCN(CCF)CC3)nc(Oc3cc(F)c4c(c3F)C=C(C)C4)n2)=NC1. The molecule has 0 spiro atoms. The Morgan fingerprint density at radius 2 is 1.92 bits per heavy atom. The number of ether oxygens (including phenoxy) is 1. The Kier molecular flexibility index (Phi) is 7.27. The van der Waals surface area contributed by atoms with Crippen molar-refractivity contribution in [3.8, 4) is 11.8 Å². The standard InChI is InChI=1S/C27H29F3N6O/c1-3-4-18-13-23(31-16-18)32-24-15-25(36-9-7-35(6-5-28)8-10-36)34-27(33-24)37-22-14-21(29)19-11-17(2)12-20(19)26(22)30/h3-4,12-15H,5-11,16H2,1-2H3,(H,31,32,33,34)/b4-3+. The molecule has 1 aliphatic carbocycles. The molecule has 1 aromatic heterocycles. The fourth-order valence-electron chi connectivity index (χ4n) is 4.71. The van der Waals surface area contributed by atoms with Crippen LogP contribution in [-0.4, -0.2) is 66.6 Å². The molecule has 0 unspecified atom stereocenters. The fraction of sp³-hybridized carbons (Fsp3) is 0.370. The molecule has 7 nitrogen and oxygen atoms in total. The van der Waals surface area contributed by atoms with Crippen molar-refractivity contribution >= 4 is 23.5 Å². The molecule has 0 radical (unpaired) electrons. The molecule has 0 bridgehead atoms. The molecule has 5 rings (SSSR count). The van der Waals surface area contributed by atoms with Crippen LogP contribution in [0, 0.1) is 11.6 Å². The van der Waals surface area contributed by atoms with Gasteiger partial charge in [-0.2, -0.15) is 9.97 Å². The van der Waals surface area contributed by atoms with Gasteiger partial charge in [-0.15, -0.1) is 0 Å². The molecule has 1 aromatic carbocycles. The molecule has 1 N–H and O–H groups in total. The smallest absolute Gasteiger partial charge is 0.326 e. The van der Waals surface area contributed by atoms with Gasteiger partial charge in [-0.1, -0.05) is 23.8 Å². The molecule has 3 heterocycles. The molecule has 0 amide bonds. The van der Waals surface area contributed by atoms with Gasteiger partial charge in [-0.3, -0.25) is 9.89 Å². The van der Waals surface area contributed by atoms with Crippen LogP contribution in [0.4, 0.5) is 24.8 Å². The van der Waals surface area contributed by atoms with E-state index in [-0.39, 0.29) is 24.0 Å². The third-order valence-corrected chi connectivity index (χ3v) is 6.55. The zero-order chi connectivity index (χ0) is 25.9. The summed E-state index contributed by atoms with van der Waals surface area (Å²) in [4.78, 5) is 17.5. The maximum atomic E-state index is 15.2. The lowest BCUT2D eigenvalue weighted by atomic mass is 10.1. The van der Waals surface area contributed by atoms with Gasteiger partial charge < -0.3 is 15.0 Å². The Labute approximate surface area is 214 Å². The number of nitrogens with zero attached hydrogens (tertiary/aromatic N) is 5. The highest BCUT2D eigenvalue weighted by atomic mass is 19.1. The lowest BCUT2D eigenvalue weighted by Gasteiger charge is -2.35. The average molecular weight is 511 g/mol. The topological polar surface area (TPSA) is 65.9 Å². The summed E-state index contributed by atoms with van der Waals surface area (Å²) in [5, 5.41) is 3.18. The number of amidine groups is 1. The van der Waals surface area contributed by atoms with Gasteiger partial charge in [0.15, 0.2) is 11.6 Å². The van der Waals surface area contributed by atoms with E-state index in [1.807, 2.05) is 41.9 Å². The summed E-state index contributed by atoms with van der Waals surface area (Å²) >= 11 is 0. The Morgan fingerprint density at radius 1 is 1.11 bits per heavy atom. The summed E-state index contributed by atoms with van der Waals surface area (Å²) < 4.78 is 48.5. The first-order chi connectivity index (χ1) is 17.9. The highest BCUT2D eigenvalue weighted by Crippen LogP contribution is 2.36. The van der Waals surface area contributed by atoms with Gasteiger partial charge in [0, 0.05) is 56.0 Å². The summed E-state index contributed by atoms with van der Waals surface area (Å²) in [6, 6.07) is 2.71. The Bertz CT molecular complexity index is 1310. The molecule has 1 saturated heterocycles. The number of rotatable bonds is 7. The van der Waals surface area contributed by atoms with Crippen molar-refractivity contribution in [2.45, 2.75) is 20.3 Å². The van der Waals surface area contributed by atoms with E-state index >= 15 is 4.39 Å². The van der Waals surface area contributed by atoms with Crippen molar-refractivity contribution in [3.05, 3.63) is 64.3 Å². The molecule has 2 aromatic rings. The molecular weight excluding hydrogens is 481 g/mol. The van der Waals surface area contributed by atoms with Crippen LogP contribution >= 0.6 is 0 Å². The zero-order valence-electron chi connectivity index (χ0n) is 20.9. The van der Waals surface area contributed by atoms with Crippen LogP contribution in [0.2, 0.25) is 0 Å². The number of fused-ring (bicyclic) bond motifs is 1. The Balaban J connectivity index is 1.45. The van der Waals surface area contributed by atoms with Gasteiger partial charge in [0.05, 0.1) is 6.54 Å². The van der Waals surface area contributed by atoms with E-state index in [1.54, 1.807) is 12.1 Å². The number of benzene rings is 1. The van der Waals surface area contributed by atoms with Gasteiger partial charge >= 0.3 is 6.01 Å². The molecule has 10 heteroatoms. The Hall–Kier alpha value is -3.66. The summed E-state index contributed by atoms with van der Waals surface area (Å²) in [6.45, 7) is 6.98. The van der Waals surface area contributed by atoms with Crippen molar-refractivity contribution in [2.24, 2.45) is 4.99 Å². The van der Waals surface area contributed by atoms with E-state index < -0.39 is 11.6 Å². The summed E-state index contributed by atoms with van der Waals surface area (Å²) in [6.07, 6.45) is 7.85. The van der Waals surface area contributed by atoms with Crippen molar-refractivity contribution in [1.29, 1.82) is 0 Å². The van der Waals surface area contributed by atoms with E-state index in [2.05, 4.69) is 20.3 Å². The minimum Gasteiger partial charge on any atom is -0.421 e. The van der Waals surface area contributed by atoms with Crippen LogP contribution < -0.4 is 15.0 Å². The highest BCUT2D eigenvalue weighted by molar-refractivity contribution is 6.05. The number of alkyl halides is 1. The van der Waals surface area contributed by atoms with Crippen molar-refractivity contribution in [2.75, 3.05) is 56.2 Å². The number of hydrogen-bond acceptors (Lipinski definition) is 7. The number of nitrogens with one attached hydrogen (secondary N) is 1. The number of halogens is 3. The quantitative estimate of drug-likeness (QED) is 0.570. The fourth-order valence-corrected chi connectivity index (χ4v) is 4.71. The van der Waals surface area contributed by atoms with E-state index in [0.717, 1.165) is 17.2 Å². The lowest BCUT2D eigenvalue weighted by Crippen LogP contribution is -2.47. The number of aliphatic imine (C=N–C) groups is 1. The molecular formula is C27H29F3N6O. The minimum atomic E-state index is -0.643. The second kappa shape index (κ2) is 10.8. The summed E-state index contributed by atoms with van der Waals surface area (Å²) in [5.41, 5.74) is 2.46. The predicted octanol–water partition coefficient (Wildman–Crippen LogP) is 4.92. The lowest BCUT2D eigenvalue weighted by molar-refractivity contribution is 0.235. The molecule has 37 heavy (non-hydrogen) atoms. The maximum absolute atomic E-state index is 15.2. The number of anilines is 2. The average Bonchev–Trinajstić information content (AvgIpc) is 3.49. The normalized spacial score (nSPS) is 17.6.